The Hall–Kier alpha value is -4.25. The molecule has 1 aromatic carbocycles. The number of fused-ring (bicyclic) bond motifs is 1. The minimum Gasteiger partial charge on any atom is -0.494 e. The van der Waals surface area contributed by atoms with Crippen LogP contribution in [-0.2, 0) is 9.53 Å². The number of methoxy groups -OCH3 is 1. The number of rotatable bonds is 10. The molecule has 200 valence electrons. The first-order valence-electron chi connectivity index (χ1n) is 12.1. The molecule has 1 aliphatic heterocycles. The molecular weight excluding hydrogens is 489 g/mol. The van der Waals surface area contributed by atoms with Crippen molar-refractivity contribution in [3.05, 3.63) is 60.7 Å². The molecule has 11 heteroatoms. The summed E-state index contributed by atoms with van der Waals surface area (Å²) in [6.45, 7) is 6.80. The number of carbonyl (C=O) groups excluding carboxylic acids is 1. The van der Waals surface area contributed by atoms with Crippen LogP contribution in [0, 0.1) is 0 Å². The summed E-state index contributed by atoms with van der Waals surface area (Å²) in [5.74, 6) is 0.509. The number of aliphatic imine (C=N–C) groups is 1. The number of carbonyl (C=O) groups is 1. The van der Waals surface area contributed by atoms with Crippen LogP contribution < -0.4 is 20.3 Å². The zero-order chi connectivity index (χ0) is 27.4. The Kier molecular flexibility index (Phi) is 8.06. The molecule has 0 spiro atoms. The van der Waals surface area contributed by atoms with Crippen molar-refractivity contribution in [3.63, 3.8) is 0 Å². The number of benzene rings is 1. The average Bonchev–Trinajstić information content (AvgIpc) is 3.28. The summed E-state index contributed by atoms with van der Waals surface area (Å²) in [5, 5.41) is 6.04. The van der Waals surface area contributed by atoms with Gasteiger partial charge in [0, 0.05) is 44.9 Å². The maximum absolute atomic E-state index is 14.7. The highest BCUT2D eigenvalue weighted by Gasteiger charge is 2.35. The van der Waals surface area contributed by atoms with Crippen molar-refractivity contribution in [2.45, 2.75) is 19.1 Å². The third kappa shape index (κ3) is 6.00. The van der Waals surface area contributed by atoms with Crippen LogP contribution in [0.5, 0.6) is 5.75 Å². The van der Waals surface area contributed by atoms with Crippen LogP contribution >= 0.6 is 0 Å². The van der Waals surface area contributed by atoms with E-state index in [2.05, 4.69) is 37.1 Å². The minimum absolute atomic E-state index is 0.273. The molecule has 2 N–H and O–H groups in total. The lowest BCUT2D eigenvalue weighted by Gasteiger charge is -2.26. The van der Waals surface area contributed by atoms with Crippen molar-refractivity contribution in [3.8, 4) is 5.75 Å². The predicted molar refractivity (Wildman–Crippen MR) is 148 cm³/mol. The third-order valence-electron chi connectivity index (χ3n) is 6.11. The van der Waals surface area contributed by atoms with E-state index in [0.717, 1.165) is 18.8 Å². The topological polar surface area (TPSA) is 104 Å². The molecule has 4 rings (SSSR count). The summed E-state index contributed by atoms with van der Waals surface area (Å²) in [4.78, 5) is 29.6. The molecule has 0 saturated heterocycles. The normalized spacial score (nSPS) is 18.0. The smallest absolute Gasteiger partial charge is 0.247 e. The van der Waals surface area contributed by atoms with Gasteiger partial charge in [-0.15, -0.1) is 0 Å². The van der Waals surface area contributed by atoms with Crippen molar-refractivity contribution in [1.29, 1.82) is 0 Å². The van der Waals surface area contributed by atoms with Crippen LogP contribution in [0.3, 0.4) is 0 Å². The van der Waals surface area contributed by atoms with Crippen LogP contribution in [0.4, 0.5) is 27.4 Å². The van der Waals surface area contributed by atoms with Crippen molar-refractivity contribution >= 4 is 40.4 Å². The van der Waals surface area contributed by atoms with Gasteiger partial charge in [0.2, 0.25) is 11.9 Å². The predicted octanol–water partition coefficient (Wildman–Crippen LogP) is 3.79. The third-order valence-corrected chi connectivity index (χ3v) is 6.11. The second kappa shape index (κ2) is 11.4. The van der Waals surface area contributed by atoms with Crippen molar-refractivity contribution in [2.24, 2.45) is 4.99 Å². The van der Waals surface area contributed by atoms with E-state index in [4.69, 9.17) is 9.47 Å². The Bertz CT molecular complexity index is 1320. The molecule has 0 radical (unpaired) electrons. The molecule has 10 nitrogen and oxygen atoms in total. The van der Waals surface area contributed by atoms with Crippen molar-refractivity contribution < 1.29 is 18.7 Å². The molecule has 0 fully saturated rings. The molecule has 2 heterocycles. The van der Waals surface area contributed by atoms with E-state index >= 15 is 0 Å². The van der Waals surface area contributed by atoms with Gasteiger partial charge in [0.25, 0.3) is 0 Å². The van der Waals surface area contributed by atoms with Gasteiger partial charge in [-0.1, -0.05) is 6.58 Å². The van der Waals surface area contributed by atoms with E-state index in [0.29, 0.717) is 34.3 Å². The largest absolute Gasteiger partial charge is 0.494 e. The summed E-state index contributed by atoms with van der Waals surface area (Å²) < 4.78 is 25.8. The number of nitrogens with zero attached hydrogens (tertiary/aromatic N) is 5. The number of allylic oxidation sites excluding steroid dienone is 2. The minimum atomic E-state index is -0.721. The molecule has 1 amide bonds. The molecular formula is C27H32FN7O3. The number of likely N-dealkylation sites (N-methyl/N-ethyl adjacent to an activating group) is 2. The highest BCUT2D eigenvalue weighted by molar-refractivity contribution is 6.02. The lowest BCUT2D eigenvalue weighted by molar-refractivity contribution is -0.111. The first kappa shape index (κ1) is 26.8. The summed E-state index contributed by atoms with van der Waals surface area (Å²) in [6.07, 6.45) is 5.31. The Morgan fingerprint density at radius 2 is 2.05 bits per heavy atom. The highest BCUT2D eigenvalue weighted by atomic mass is 19.1. The van der Waals surface area contributed by atoms with Crippen LogP contribution in [-0.4, -0.2) is 80.2 Å². The van der Waals surface area contributed by atoms with E-state index in [1.54, 1.807) is 32.4 Å². The van der Waals surface area contributed by atoms with Crippen LogP contribution in [0.25, 0.3) is 5.57 Å². The second-order valence-corrected chi connectivity index (χ2v) is 9.21. The van der Waals surface area contributed by atoms with E-state index in [-0.39, 0.29) is 11.9 Å². The van der Waals surface area contributed by atoms with Gasteiger partial charge in [-0.3, -0.25) is 4.79 Å². The second-order valence-electron chi connectivity index (χ2n) is 9.21. The average molecular weight is 522 g/mol. The van der Waals surface area contributed by atoms with Gasteiger partial charge < -0.3 is 29.9 Å². The standard InChI is InChI=1S/C27H32FN7O3/c1-7-25(36)31-20-14-21(24(37-6)15-23(20)35(5)11-10-34(3)4)33-27-29-9-8-19(32-27)17-12-18(28)26-22(13-17)30-16(2)38-26/h7-9,12-15,22,26H,1,10-11H2,2-6H3,(H,31,36)(H,29,32,33). The fraction of sp³-hybridized carbons (Fsp3) is 0.333. The van der Waals surface area contributed by atoms with Gasteiger partial charge >= 0.3 is 0 Å². The number of nitrogens with one attached hydrogen (secondary N) is 2. The fourth-order valence-corrected chi connectivity index (χ4v) is 4.13. The monoisotopic (exact) mass is 521 g/mol. The maximum Gasteiger partial charge on any atom is 0.247 e. The van der Waals surface area contributed by atoms with Gasteiger partial charge in [-0.25, -0.2) is 19.4 Å². The zero-order valence-electron chi connectivity index (χ0n) is 22.2. The summed E-state index contributed by atoms with van der Waals surface area (Å²) in [6, 6.07) is 4.86. The molecule has 38 heavy (non-hydrogen) atoms. The van der Waals surface area contributed by atoms with E-state index < -0.39 is 18.0 Å². The summed E-state index contributed by atoms with van der Waals surface area (Å²) in [7, 11) is 7.50. The molecule has 1 aliphatic carbocycles. The first-order valence-corrected chi connectivity index (χ1v) is 12.1. The number of ether oxygens (including phenoxy) is 2. The van der Waals surface area contributed by atoms with Gasteiger partial charge in [0.05, 0.1) is 29.9 Å². The Morgan fingerprint density at radius 1 is 1.26 bits per heavy atom. The van der Waals surface area contributed by atoms with Crippen LogP contribution in [0.15, 0.2) is 60.0 Å². The van der Waals surface area contributed by atoms with Gasteiger partial charge in [-0.2, -0.15) is 0 Å². The number of hydrogen-bond acceptors (Lipinski definition) is 9. The van der Waals surface area contributed by atoms with Gasteiger partial charge in [0.15, 0.2) is 12.0 Å². The molecule has 2 unspecified atom stereocenters. The number of anilines is 4. The quantitative estimate of drug-likeness (QED) is 0.455. The number of hydrogen-bond donors (Lipinski definition) is 2. The lowest BCUT2D eigenvalue weighted by Crippen LogP contribution is -2.29. The lowest BCUT2D eigenvalue weighted by atomic mass is 9.98. The molecule has 2 aliphatic rings. The SMILES string of the molecule is C=CC(=O)Nc1cc(Nc2nccc(C3=CC4N=C(C)OC4C(F)=C3)n2)c(OC)cc1N(C)CCN(C)C. The Morgan fingerprint density at radius 3 is 2.76 bits per heavy atom. The summed E-state index contributed by atoms with van der Waals surface area (Å²) >= 11 is 0. The summed E-state index contributed by atoms with van der Waals surface area (Å²) in [5.41, 5.74) is 2.99. The maximum atomic E-state index is 14.7. The highest BCUT2D eigenvalue weighted by Crippen LogP contribution is 2.38. The Labute approximate surface area is 221 Å². The van der Waals surface area contributed by atoms with Crippen molar-refractivity contribution in [1.82, 2.24) is 14.9 Å². The van der Waals surface area contributed by atoms with E-state index in [1.165, 1.54) is 12.2 Å². The van der Waals surface area contributed by atoms with Crippen LogP contribution in [0.1, 0.15) is 12.6 Å². The molecule has 2 aromatic rings. The first-order chi connectivity index (χ1) is 18.2. The number of halogens is 1. The molecule has 0 bridgehead atoms. The van der Waals surface area contributed by atoms with E-state index in [1.807, 2.05) is 38.2 Å². The van der Waals surface area contributed by atoms with Gasteiger partial charge in [-0.05, 0) is 44.5 Å². The molecule has 2 atom stereocenters. The molecule has 1 aromatic heterocycles. The van der Waals surface area contributed by atoms with Gasteiger partial charge in [0.1, 0.15) is 17.6 Å². The Balaban J connectivity index is 1.65. The van der Waals surface area contributed by atoms with Crippen LogP contribution in [0.2, 0.25) is 0 Å². The number of aromatic nitrogens is 2. The van der Waals surface area contributed by atoms with E-state index in [9.17, 15) is 9.18 Å². The van der Waals surface area contributed by atoms with Crippen molar-refractivity contribution in [2.75, 3.05) is 56.9 Å². The zero-order valence-corrected chi connectivity index (χ0v) is 22.2. The number of amides is 1. The fourth-order valence-electron chi connectivity index (χ4n) is 4.13. The molecule has 0 saturated carbocycles.